The third-order valence-electron chi connectivity index (χ3n) is 5.90. The van der Waals surface area contributed by atoms with Gasteiger partial charge in [-0.25, -0.2) is 9.97 Å². The van der Waals surface area contributed by atoms with E-state index in [-0.39, 0.29) is 5.91 Å². The number of halogens is 1. The molecule has 0 aliphatic carbocycles. The fourth-order valence-electron chi connectivity index (χ4n) is 3.91. The van der Waals surface area contributed by atoms with Crippen LogP contribution in [0.5, 0.6) is 11.5 Å². The SMILES string of the molecule is Cc1cc(Nc2nc3cc(Oc4ccnc(C(=O)NCCCn5ccnc5)c4)ccc3n2C)ccc1Br. The van der Waals surface area contributed by atoms with Crippen LogP contribution >= 0.6 is 15.9 Å². The lowest BCUT2D eigenvalue weighted by Crippen LogP contribution is -2.26. The number of fused-ring (bicyclic) bond motifs is 1. The maximum absolute atomic E-state index is 12.5. The molecule has 0 aliphatic heterocycles. The van der Waals surface area contributed by atoms with Crippen molar-refractivity contribution in [1.82, 2.24) is 29.4 Å². The van der Waals surface area contributed by atoms with E-state index in [1.807, 2.05) is 59.6 Å². The Morgan fingerprint density at radius 3 is 2.76 bits per heavy atom. The number of hydrogen-bond donors (Lipinski definition) is 2. The van der Waals surface area contributed by atoms with Gasteiger partial charge in [0.25, 0.3) is 5.91 Å². The number of rotatable bonds is 9. The highest BCUT2D eigenvalue weighted by atomic mass is 79.9. The summed E-state index contributed by atoms with van der Waals surface area (Å²) in [6, 6.07) is 15.2. The van der Waals surface area contributed by atoms with E-state index < -0.39 is 0 Å². The molecule has 3 aromatic heterocycles. The van der Waals surface area contributed by atoms with Crippen LogP contribution in [-0.2, 0) is 13.6 Å². The summed E-state index contributed by atoms with van der Waals surface area (Å²) < 4.78 is 11.1. The van der Waals surface area contributed by atoms with Crippen molar-refractivity contribution in [2.45, 2.75) is 19.9 Å². The van der Waals surface area contributed by atoms with Gasteiger partial charge >= 0.3 is 0 Å². The molecule has 9 nitrogen and oxygen atoms in total. The number of benzene rings is 2. The van der Waals surface area contributed by atoms with Crippen molar-refractivity contribution in [3.05, 3.63) is 89.2 Å². The van der Waals surface area contributed by atoms with E-state index in [1.165, 1.54) is 0 Å². The number of amides is 1. The molecule has 0 fully saturated rings. The van der Waals surface area contributed by atoms with E-state index in [0.29, 0.717) is 23.7 Å². The lowest BCUT2D eigenvalue weighted by molar-refractivity contribution is 0.0947. The zero-order chi connectivity index (χ0) is 25.8. The number of aromatic nitrogens is 5. The topological polar surface area (TPSA) is 98.9 Å². The molecule has 37 heavy (non-hydrogen) atoms. The zero-order valence-corrected chi connectivity index (χ0v) is 22.1. The second-order valence-electron chi connectivity index (χ2n) is 8.62. The van der Waals surface area contributed by atoms with Gasteiger partial charge in [-0.15, -0.1) is 0 Å². The van der Waals surface area contributed by atoms with Crippen molar-refractivity contribution in [3.63, 3.8) is 0 Å². The quantitative estimate of drug-likeness (QED) is 0.228. The number of aryl methyl sites for hydroxylation is 3. The third kappa shape index (κ3) is 5.80. The lowest BCUT2D eigenvalue weighted by Gasteiger charge is -2.09. The fraction of sp³-hybridized carbons (Fsp3) is 0.185. The molecule has 0 radical (unpaired) electrons. The first kappa shape index (κ1) is 24.5. The summed E-state index contributed by atoms with van der Waals surface area (Å²) in [4.78, 5) is 25.5. The molecule has 0 saturated carbocycles. The maximum atomic E-state index is 12.5. The van der Waals surface area contributed by atoms with Gasteiger partial charge in [0, 0.05) is 61.0 Å². The Labute approximate surface area is 222 Å². The average molecular weight is 560 g/mol. The number of carbonyl (C=O) groups excluding carboxylic acids is 1. The number of pyridine rings is 1. The van der Waals surface area contributed by atoms with Gasteiger partial charge in [0.15, 0.2) is 0 Å². The number of carbonyl (C=O) groups is 1. The molecule has 10 heteroatoms. The smallest absolute Gasteiger partial charge is 0.270 e. The Bertz CT molecular complexity index is 1550. The van der Waals surface area contributed by atoms with E-state index in [9.17, 15) is 4.79 Å². The minimum Gasteiger partial charge on any atom is -0.457 e. The minimum absolute atomic E-state index is 0.241. The number of anilines is 2. The predicted octanol–water partition coefficient (Wildman–Crippen LogP) is 5.59. The highest BCUT2D eigenvalue weighted by Gasteiger charge is 2.12. The second kappa shape index (κ2) is 10.8. The van der Waals surface area contributed by atoms with Gasteiger partial charge in [0.05, 0.1) is 17.4 Å². The molecule has 0 spiro atoms. The van der Waals surface area contributed by atoms with Crippen molar-refractivity contribution in [2.75, 3.05) is 11.9 Å². The Balaban J connectivity index is 1.24. The summed E-state index contributed by atoms with van der Waals surface area (Å²) in [7, 11) is 1.97. The first-order valence-corrected chi connectivity index (χ1v) is 12.6. The molecular formula is C27H26BrN7O2. The van der Waals surface area contributed by atoms with Crippen LogP contribution in [0.4, 0.5) is 11.6 Å². The Kier molecular flexibility index (Phi) is 7.18. The summed E-state index contributed by atoms with van der Waals surface area (Å²) in [5.74, 6) is 1.63. The van der Waals surface area contributed by atoms with Crippen molar-refractivity contribution < 1.29 is 9.53 Å². The normalized spacial score (nSPS) is 11.0. The highest BCUT2D eigenvalue weighted by Crippen LogP contribution is 2.29. The van der Waals surface area contributed by atoms with Gasteiger partial charge in [-0.05, 0) is 55.3 Å². The molecule has 0 aliphatic rings. The lowest BCUT2D eigenvalue weighted by atomic mass is 10.2. The highest BCUT2D eigenvalue weighted by molar-refractivity contribution is 9.10. The van der Waals surface area contributed by atoms with Crippen LogP contribution in [0, 0.1) is 6.92 Å². The van der Waals surface area contributed by atoms with Crippen LogP contribution in [0.25, 0.3) is 11.0 Å². The summed E-state index contributed by atoms with van der Waals surface area (Å²) >= 11 is 3.53. The summed E-state index contributed by atoms with van der Waals surface area (Å²) in [6.45, 7) is 3.37. The first-order valence-electron chi connectivity index (χ1n) is 11.8. The third-order valence-corrected chi connectivity index (χ3v) is 6.79. The zero-order valence-electron chi connectivity index (χ0n) is 20.5. The molecule has 0 saturated heterocycles. The van der Waals surface area contributed by atoms with Crippen LogP contribution in [0.15, 0.2) is 77.9 Å². The van der Waals surface area contributed by atoms with Crippen molar-refractivity contribution in [1.29, 1.82) is 0 Å². The fourth-order valence-corrected chi connectivity index (χ4v) is 4.16. The van der Waals surface area contributed by atoms with Crippen molar-refractivity contribution >= 4 is 44.5 Å². The molecule has 5 rings (SSSR count). The molecule has 0 bridgehead atoms. The summed E-state index contributed by atoms with van der Waals surface area (Å²) in [5.41, 5.74) is 4.16. The van der Waals surface area contributed by atoms with Crippen LogP contribution in [0.3, 0.4) is 0 Å². The summed E-state index contributed by atoms with van der Waals surface area (Å²) in [6.07, 6.45) is 7.75. The minimum atomic E-state index is -0.241. The largest absolute Gasteiger partial charge is 0.457 e. The molecule has 0 unspecified atom stereocenters. The van der Waals surface area contributed by atoms with Crippen LogP contribution in [-0.4, -0.2) is 36.5 Å². The van der Waals surface area contributed by atoms with Crippen molar-refractivity contribution in [2.24, 2.45) is 7.05 Å². The predicted molar refractivity (Wildman–Crippen MR) is 146 cm³/mol. The standard InChI is InChI=1S/C27H26BrN7O2/c1-18-14-19(4-6-22(18)28)32-27-33-23-15-20(5-7-25(23)34(27)2)37-21-8-10-30-24(16-21)26(36)31-9-3-12-35-13-11-29-17-35/h4-8,10-11,13-17H,3,9,12H2,1-2H3,(H,31,36)(H,32,33). The van der Waals surface area contributed by atoms with Gasteiger partial charge in [-0.3, -0.25) is 9.78 Å². The molecule has 2 aromatic carbocycles. The molecule has 5 aromatic rings. The van der Waals surface area contributed by atoms with E-state index in [2.05, 4.69) is 42.6 Å². The Morgan fingerprint density at radius 2 is 1.95 bits per heavy atom. The number of hydrogen-bond acceptors (Lipinski definition) is 6. The van der Waals surface area contributed by atoms with E-state index in [0.717, 1.165) is 45.7 Å². The monoisotopic (exact) mass is 559 g/mol. The molecule has 2 N–H and O–H groups in total. The number of imidazole rings is 2. The number of nitrogens with zero attached hydrogens (tertiary/aromatic N) is 5. The van der Waals surface area contributed by atoms with Crippen LogP contribution < -0.4 is 15.4 Å². The van der Waals surface area contributed by atoms with Gasteiger partial charge < -0.3 is 24.5 Å². The molecule has 188 valence electrons. The van der Waals surface area contributed by atoms with E-state index in [4.69, 9.17) is 9.72 Å². The molecular weight excluding hydrogens is 534 g/mol. The van der Waals surface area contributed by atoms with Gasteiger partial charge in [0.1, 0.15) is 17.2 Å². The Morgan fingerprint density at radius 1 is 1.08 bits per heavy atom. The first-order chi connectivity index (χ1) is 18.0. The summed E-state index contributed by atoms with van der Waals surface area (Å²) in [5, 5.41) is 6.28. The average Bonchev–Trinajstić information content (AvgIpc) is 3.52. The van der Waals surface area contributed by atoms with Crippen molar-refractivity contribution in [3.8, 4) is 11.5 Å². The van der Waals surface area contributed by atoms with Crippen LogP contribution in [0.2, 0.25) is 0 Å². The number of nitrogens with one attached hydrogen (secondary N) is 2. The molecule has 3 heterocycles. The second-order valence-corrected chi connectivity index (χ2v) is 9.48. The Hall–Kier alpha value is -4.18. The van der Waals surface area contributed by atoms with Gasteiger partial charge in [0.2, 0.25) is 5.95 Å². The molecule has 0 atom stereocenters. The van der Waals surface area contributed by atoms with E-state index in [1.54, 1.807) is 30.9 Å². The van der Waals surface area contributed by atoms with E-state index >= 15 is 0 Å². The number of ether oxygens (including phenoxy) is 1. The van der Waals surface area contributed by atoms with Crippen LogP contribution in [0.1, 0.15) is 22.5 Å². The molecule has 1 amide bonds. The van der Waals surface area contributed by atoms with Gasteiger partial charge in [-0.1, -0.05) is 15.9 Å². The maximum Gasteiger partial charge on any atom is 0.270 e. The van der Waals surface area contributed by atoms with Gasteiger partial charge in [-0.2, -0.15) is 0 Å².